The molecule has 0 unspecified atom stereocenters. The summed E-state index contributed by atoms with van der Waals surface area (Å²) in [6.45, 7) is 4.46. The molecule has 122 valence electrons. The Morgan fingerprint density at radius 3 is 2.68 bits per heavy atom. The molecule has 5 heteroatoms. The summed E-state index contributed by atoms with van der Waals surface area (Å²) in [6.07, 6.45) is 2.04. The summed E-state index contributed by atoms with van der Waals surface area (Å²) in [5.41, 5.74) is 2.38. The van der Waals surface area contributed by atoms with Crippen LogP contribution in [0, 0.1) is 12.8 Å². The van der Waals surface area contributed by atoms with Crippen LogP contribution >= 0.6 is 0 Å². The first kappa shape index (κ1) is 16.6. The first-order valence-electron chi connectivity index (χ1n) is 7.79. The van der Waals surface area contributed by atoms with E-state index >= 15 is 0 Å². The second-order valence-corrected chi connectivity index (χ2v) is 5.86. The molecule has 0 radical (unpaired) electrons. The Kier molecular flexibility index (Phi) is 6.07. The summed E-state index contributed by atoms with van der Waals surface area (Å²) in [5.74, 6) is 1.46. The Morgan fingerprint density at radius 1 is 1.32 bits per heavy atom. The van der Waals surface area contributed by atoms with Crippen LogP contribution in [0.2, 0.25) is 0 Å². The van der Waals surface area contributed by atoms with Gasteiger partial charge in [0.25, 0.3) is 0 Å². The van der Waals surface area contributed by atoms with Gasteiger partial charge in [-0.3, -0.25) is 0 Å². The monoisotopic (exact) mass is 307 g/mol. The maximum absolute atomic E-state index is 10.9. The zero-order chi connectivity index (χ0) is 15.9. The number of nitrogens with zero attached hydrogens (tertiary/aromatic N) is 1. The van der Waals surface area contributed by atoms with Crippen molar-refractivity contribution in [3.8, 4) is 5.75 Å². The van der Waals surface area contributed by atoms with Gasteiger partial charge in [-0.05, 0) is 49.3 Å². The highest BCUT2D eigenvalue weighted by Gasteiger charge is 2.22. The Hall–Kier alpha value is -1.75. The fourth-order valence-corrected chi connectivity index (χ4v) is 2.82. The minimum atomic E-state index is -0.803. The Bertz CT molecular complexity index is 495. The highest BCUT2D eigenvalue weighted by atomic mass is 16.5. The van der Waals surface area contributed by atoms with Crippen LogP contribution in [-0.2, 0) is 11.2 Å². The van der Waals surface area contributed by atoms with Crippen LogP contribution in [0.4, 0.5) is 4.79 Å². The lowest BCUT2D eigenvalue weighted by Gasteiger charge is -2.30. The third-order valence-electron chi connectivity index (χ3n) is 4.21. The topological polar surface area (TPSA) is 59.0 Å². The van der Waals surface area contributed by atoms with Gasteiger partial charge in [-0.2, -0.15) is 0 Å². The minimum absolute atomic E-state index is 0.546. The molecule has 1 aromatic rings. The SMILES string of the molecule is COCCOc1cc(CC2CCN(C(=O)O)CC2)ccc1C. The van der Waals surface area contributed by atoms with E-state index in [0.717, 1.165) is 30.6 Å². The van der Waals surface area contributed by atoms with E-state index in [1.807, 2.05) is 6.92 Å². The number of amides is 1. The molecule has 1 saturated heterocycles. The van der Waals surface area contributed by atoms with Crippen molar-refractivity contribution in [2.24, 2.45) is 5.92 Å². The molecule has 0 saturated carbocycles. The van der Waals surface area contributed by atoms with Crippen molar-refractivity contribution in [1.29, 1.82) is 0 Å². The number of carbonyl (C=O) groups is 1. The first-order chi connectivity index (χ1) is 10.6. The molecule has 1 heterocycles. The number of piperidine rings is 1. The average Bonchev–Trinajstić information content (AvgIpc) is 2.51. The number of hydrogen-bond donors (Lipinski definition) is 1. The molecule has 0 aliphatic carbocycles. The Morgan fingerprint density at radius 2 is 2.05 bits per heavy atom. The summed E-state index contributed by atoms with van der Waals surface area (Å²) in [4.78, 5) is 12.4. The molecular weight excluding hydrogens is 282 g/mol. The van der Waals surface area contributed by atoms with Crippen LogP contribution in [0.15, 0.2) is 18.2 Å². The minimum Gasteiger partial charge on any atom is -0.491 e. The highest BCUT2D eigenvalue weighted by molar-refractivity contribution is 5.64. The summed E-state index contributed by atoms with van der Waals surface area (Å²) in [5, 5.41) is 8.98. The lowest BCUT2D eigenvalue weighted by molar-refractivity contribution is 0.124. The van der Waals surface area contributed by atoms with Crippen molar-refractivity contribution >= 4 is 6.09 Å². The number of likely N-dealkylation sites (tertiary alicyclic amines) is 1. The van der Waals surface area contributed by atoms with E-state index in [1.165, 1.54) is 10.5 Å². The zero-order valence-electron chi connectivity index (χ0n) is 13.4. The maximum Gasteiger partial charge on any atom is 0.407 e. The Labute approximate surface area is 131 Å². The smallest absolute Gasteiger partial charge is 0.407 e. The summed E-state index contributed by atoms with van der Waals surface area (Å²) >= 11 is 0. The van der Waals surface area contributed by atoms with Crippen molar-refractivity contribution in [1.82, 2.24) is 4.90 Å². The van der Waals surface area contributed by atoms with E-state index in [9.17, 15) is 4.79 Å². The number of benzene rings is 1. The summed E-state index contributed by atoms with van der Waals surface area (Å²) < 4.78 is 10.8. The van der Waals surface area contributed by atoms with Gasteiger partial charge in [0.05, 0.1) is 6.61 Å². The van der Waals surface area contributed by atoms with Gasteiger partial charge in [-0.1, -0.05) is 12.1 Å². The molecule has 1 aliphatic heterocycles. The molecule has 2 rings (SSSR count). The largest absolute Gasteiger partial charge is 0.491 e. The van der Waals surface area contributed by atoms with Crippen LogP contribution < -0.4 is 4.74 Å². The predicted molar refractivity (Wildman–Crippen MR) is 84.6 cm³/mol. The molecule has 0 bridgehead atoms. The van der Waals surface area contributed by atoms with Crippen LogP contribution in [0.5, 0.6) is 5.75 Å². The van der Waals surface area contributed by atoms with E-state index < -0.39 is 6.09 Å². The van der Waals surface area contributed by atoms with Crippen LogP contribution in [0.1, 0.15) is 24.0 Å². The number of aryl methyl sites for hydroxylation is 1. The standard InChI is InChI=1S/C17H25NO4/c1-13-3-4-15(12-16(13)22-10-9-21-2)11-14-5-7-18(8-6-14)17(19)20/h3-4,12,14H,5-11H2,1-2H3,(H,19,20). The molecule has 5 nitrogen and oxygen atoms in total. The first-order valence-corrected chi connectivity index (χ1v) is 7.79. The van der Waals surface area contributed by atoms with Gasteiger partial charge in [-0.25, -0.2) is 4.79 Å². The van der Waals surface area contributed by atoms with Gasteiger partial charge < -0.3 is 19.5 Å². The number of methoxy groups -OCH3 is 1. The van der Waals surface area contributed by atoms with Gasteiger partial charge in [-0.15, -0.1) is 0 Å². The lowest BCUT2D eigenvalue weighted by atomic mass is 9.90. The summed E-state index contributed by atoms with van der Waals surface area (Å²) in [7, 11) is 1.66. The third-order valence-corrected chi connectivity index (χ3v) is 4.21. The second-order valence-electron chi connectivity index (χ2n) is 5.86. The maximum atomic E-state index is 10.9. The number of ether oxygens (including phenoxy) is 2. The highest BCUT2D eigenvalue weighted by Crippen LogP contribution is 2.25. The molecule has 1 amide bonds. The third kappa shape index (κ3) is 4.63. The normalized spacial score (nSPS) is 15.8. The van der Waals surface area contributed by atoms with E-state index in [0.29, 0.717) is 32.2 Å². The Balaban J connectivity index is 1.90. The van der Waals surface area contributed by atoms with Crippen molar-refractivity contribution in [2.45, 2.75) is 26.2 Å². The van der Waals surface area contributed by atoms with Gasteiger partial charge in [0.1, 0.15) is 12.4 Å². The van der Waals surface area contributed by atoms with E-state index in [2.05, 4.69) is 18.2 Å². The lowest BCUT2D eigenvalue weighted by Crippen LogP contribution is -2.37. The molecular formula is C17H25NO4. The van der Waals surface area contributed by atoms with Crippen LogP contribution in [0.25, 0.3) is 0 Å². The van der Waals surface area contributed by atoms with Crippen molar-refractivity contribution in [3.05, 3.63) is 29.3 Å². The fourth-order valence-electron chi connectivity index (χ4n) is 2.82. The van der Waals surface area contributed by atoms with Crippen LogP contribution in [-0.4, -0.2) is 49.5 Å². The molecule has 1 aromatic carbocycles. The van der Waals surface area contributed by atoms with Gasteiger partial charge >= 0.3 is 6.09 Å². The number of carboxylic acid groups (broad SMARTS) is 1. The van der Waals surface area contributed by atoms with Gasteiger partial charge in [0, 0.05) is 20.2 Å². The second kappa shape index (κ2) is 8.03. The average molecular weight is 307 g/mol. The van der Waals surface area contributed by atoms with Gasteiger partial charge in [0.15, 0.2) is 0 Å². The number of rotatable bonds is 6. The van der Waals surface area contributed by atoms with Gasteiger partial charge in [0.2, 0.25) is 0 Å². The zero-order valence-corrected chi connectivity index (χ0v) is 13.4. The quantitative estimate of drug-likeness (QED) is 0.821. The van der Waals surface area contributed by atoms with E-state index in [4.69, 9.17) is 14.6 Å². The van der Waals surface area contributed by atoms with Crippen molar-refractivity contribution < 1.29 is 19.4 Å². The van der Waals surface area contributed by atoms with Crippen LogP contribution in [0.3, 0.4) is 0 Å². The molecule has 1 fully saturated rings. The molecule has 0 aromatic heterocycles. The predicted octanol–water partition coefficient (Wildman–Crippen LogP) is 2.95. The molecule has 22 heavy (non-hydrogen) atoms. The number of hydrogen-bond acceptors (Lipinski definition) is 3. The van der Waals surface area contributed by atoms with Crippen molar-refractivity contribution in [2.75, 3.05) is 33.4 Å². The molecule has 0 spiro atoms. The molecule has 0 atom stereocenters. The molecule has 1 N–H and O–H groups in total. The summed E-state index contributed by atoms with van der Waals surface area (Å²) in [6, 6.07) is 6.33. The van der Waals surface area contributed by atoms with E-state index in [-0.39, 0.29) is 0 Å². The van der Waals surface area contributed by atoms with E-state index in [1.54, 1.807) is 7.11 Å². The van der Waals surface area contributed by atoms with Crippen molar-refractivity contribution in [3.63, 3.8) is 0 Å². The fraction of sp³-hybridized carbons (Fsp3) is 0.588. The molecule has 1 aliphatic rings.